The molecular formula is C22H16ClN3O5. The van der Waals surface area contributed by atoms with E-state index in [-0.39, 0.29) is 33.3 Å². The van der Waals surface area contributed by atoms with Crippen molar-refractivity contribution in [3.05, 3.63) is 94.0 Å². The van der Waals surface area contributed by atoms with Crippen LogP contribution in [0.5, 0.6) is 0 Å². The van der Waals surface area contributed by atoms with Gasteiger partial charge in [-0.15, -0.1) is 0 Å². The number of hydrogen-bond donors (Lipinski definition) is 3. The van der Waals surface area contributed by atoms with E-state index in [0.717, 1.165) is 11.1 Å². The zero-order valence-electron chi connectivity index (χ0n) is 15.9. The number of rotatable bonds is 6. The number of carbonyl (C=O) groups excluding carboxylic acids is 3. The second-order valence-electron chi connectivity index (χ2n) is 6.38. The van der Waals surface area contributed by atoms with Gasteiger partial charge >= 0.3 is 5.97 Å². The van der Waals surface area contributed by atoms with Crippen LogP contribution in [0.25, 0.3) is 0 Å². The van der Waals surface area contributed by atoms with E-state index in [1.54, 1.807) is 30.3 Å². The first-order valence-electron chi connectivity index (χ1n) is 8.89. The van der Waals surface area contributed by atoms with Crippen molar-refractivity contribution in [2.75, 3.05) is 10.3 Å². The summed E-state index contributed by atoms with van der Waals surface area (Å²) in [6.45, 7) is 0. The van der Waals surface area contributed by atoms with E-state index in [2.05, 4.69) is 5.32 Å². The minimum Gasteiger partial charge on any atom is -0.478 e. The van der Waals surface area contributed by atoms with Gasteiger partial charge in [-0.1, -0.05) is 35.9 Å². The Balaban J connectivity index is 1.85. The molecule has 0 aliphatic carbocycles. The molecule has 0 heterocycles. The average molecular weight is 438 g/mol. The van der Waals surface area contributed by atoms with Gasteiger partial charge in [-0.05, 0) is 42.5 Å². The van der Waals surface area contributed by atoms with Crippen LogP contribution in [0.15, 0.2) is 66.7 Å². The summed E-state index contributed by atoms with van der Waals surface area (Å²) in [5.41, 5.74) is 0.572. The number of hydrazine groups is 1. The first-order valence-corrected chi connectivity index (χ1v) is 9.27. The van der Waals surface area contributed by atoms with Crippen LogP contribution in [0.2, 0.25) is 5.02 Å². The Bertz CT molecular complexity index is 1180. The van der Waals surface area contributed by atoms with E-state index in [1.165, 1.54) is 30.3 Å². The van der Waals surface area contributed by atoms with Crippen molar-refractivity contribution in [3.63, 3.8) is 0 Å². The summed E-state index contributed by atoms with van der Waals surface area (Å²) in [7, 11) is 0. The predicted octanol–water partition coefficient (Wildman–Crippen LogP) is 3.62. The number of carboxylic acid groups (broad SMARTS) is 1. The summed E-state index contributed by atoms with van der Waals surface area (Å²) < 4.78 is 0. The van der Waals surface area contributed by atoms with Crippen molar-refractivity contribution in [2.45, 2.75) is 0 Å². The Labute approximate surface area is 181 Å². The van der Waals surface area contributed by atoms with E-state index in [0.29, 0.717) is 17.5 Å². The van der Waals surface area contributed by atoms with E-state index in [4.69, 9.17) is 22.6 Å². The number of anilines is 2. The second-order valence-corrected chi connectivity index (χ2v) is 6.79. The molecule has 0 atom stereocenters. The number of halogens is 1. The quantitative estimate of drug-likeness (QED) is 0.234. The number of nitrogens with one attached hydrogen (secondary N) is 1. The fourth-order valence-electron chi connectivity index (χ4n) is 2.76. The first kappa shape index (κ1) is 21.7. The van der Waals surface area contributed by atoms with Crippen molar-refractivity contribution in [3.8, 4) is 0 Å². The van der Waals surface area contributed by atoms with Gasteiger partial charge in [0, 0.05) is 11.1 Å². The van der Waals surface area contributed by atoms with Crippen LogP contribution in [0, 0.1) is 0 Å². The van der Waals surface area contributed by atoms with Crippen LogP contribution in [0.1, 0.15) is 41.4 Å². The molecular weight excluding hydrogens is 422 g/mol. The van der Waals surface area contributed by atoms with Gasteiger partial charge in [0.1, 0.15) is 0 Å². The van der Waals surface area contributed by atoms with Crippen molar-refractivity contribution in [2.24, 2.45) is 5.84 Å². The number of carboxylic acids is 1. The third-order valence-electron chi connectivity index (χ3n) is 4.39. The molecule has 0 fully saturated rings. The monoisotopic (exact) mass is 437 g/mol. The highest BCUT2D eigenvalue weighted by atomic mass is 35.5. The van der Waals surface area contributed by atoms with Crippen LogP contribution in [-0.4, -0.2) is 29.2 Å². The van der Waals surface area contributed by atoms with Gasteiger partial charge < -0.3 is 10.4 Å². The highest BCUT2D eigenvalue weighted by Gasteiger charge is 2.21. The normalized spacial score (nSPS) is 10.3. The molecule has 3 rings (SSSR count). The van der Waals surface area contributed by atoms with Gasteiger partial charge in [-0.25, -0.2) is 15.6 Å². The van der Waals surface area contributed by atoms with Crippen LogP contribution >= 0.6 is 11.6 Å². The third-order valence-corrected chi connectivity index (χ3v) is 4.70. The molecule has 4 N–H and O–H groups in total. The topological polar surface area (TPSA) is 130 Å². The minimum absolute atomic E-state index is 0.0108. The fraction of sp³-hybridized carbons (Fsp3) is 0. The number of nitrogens with two attached hydrogens (primary N) is 1. The SMILES string of the molecule is NN(C(=O)c1cc(C(=O)O)ccc1C=O)c1ccc(NC(=O)c2ccccc2)c(Cl)c1. The number of benzene rings is 3. The number of carbonyl (C=O) groups is 4. The maximum Gasteiger partial charge on any atom is 0.335 e. The van der Waals surface area contributed by atoms with Gasteiger partial charge in [0.25, 0.3) is 11.8 Å². The van der Waals surface area contributed by atoms with Crippen LogP contribution in [0.4, 0.5) is 11.4 Å². The number of nitrogens with zero attached hydrogens (tertiary/aromatic N) is 1. The zero-order chi connectivity index (χ0) is 22.5. The van der Waals surface area contributed by atoms with E-state index < -0.39 is 11.9 Å². The van der Waals surface area contributed by atoms with Gasteiger partial charge in [-0.2, -0.15) is 0 Å². The largest absolute Gasteiger partial charge is 0.478 e. The molecule has 2 amide bonds. The summed E-state index contributed by atoms with van der Waals surface area (Å²) >= 11 is 6.24. The summed E-state index contributed by atoms with van der Waals surface area (Å²) in [4.78, 5) is 47.6. The second kappa shape index (κ2) is 9.21. The Kier molecular flexibility index (Phi) is 6.44. The predicted molar refractivity (Wildman–Crippen MR) is 116 cm³/mol. The molecule has 8 nitrogen and oxygen atoms in total. The summed E-state index contributed by atoms with van der Waals surface area (Å²) in [6, 6.07) is 16.3. The lowest BCUT2D eigenvalue weighted by molar-refractivity contribution is 0.0696. The maximum absolute atomic E-state index is 12.8. The number of hydrogen-bond acceptors (Lipinski definition) is 5. The van der Waals surface area contributed by atoms with Crippen molar-refractivity contribution < 1.29 is 24.3 Å². The lowest BCUT2D eigenvalue weighted by Crippen LogP contribution is -2.38. The minimum atomic E-state index is -1.25. The van der Waals surface area contributed by atoms with Crippen LogP contribution in [-0.2, 0) is 0 Å². The molecule has 3 aromatic carbocycles. The van der Waals surface area contributed by atoms with E-state index >= 15 is 0 Å². The smallest absolute Gasteiger partial charge is 0.335 e. The molecule has 3 aromatic rings. The lowest BCUT2D eigenvalue weighted by atomic mass is 10.0. The van der Waals surface area contributed by atoms with Gasteiger partial charge in [0.05, 0.1) is 27.5 Å². The molecule has 0 bridgehead atoms. The van der Waals surface area contributed by atoms with Crippen molar-refractivity contribution >= 4 is 47.0 Å². The van der Waals surface area contributed by atoms with Gasteiger partial charge in [0.15, 0.2) is 6.29 Å². The molecule has 0 unspecified atom stereocenters. The van der Waals surface area contributed by atoms with E-state index in [9.17, 15) is 19.2 Å². The highest BCUT2D eigenvalue weighted by Crippen LogP contribution is 2.28. The summed E-state index contributed by atoms with van der Waals surface area (Å²) in [5.74, 6) is 3.49. The zero-order valence-corrected chi connectivity index (χ0v) is 16.7. The molecule has 0 spiro atoms. The molecule has 0 aliphatic rings. The molecule has 31 heavy (non-hydrogen) atoms. The maximum atomic E-state index is 12.8. The Morgan fingerprint density at radius 3 is 2.29 bits per heavy atom. The highest BCUT2D eigenvalue weighted by molar-refractivity contribution is 6.34. The van der Waals surface area contributed by atoms with Crippen LogP contribution < -0.4 is 16.2 Å². The van der Waals surface area contributed by atoms with E-state index in [1.807, 2.05) is 0 Å². The number of aromatic carboxylic acids is 1. The Morgan fingerprint density at radius 2 is 1.68 bits per heavy atom. The summed E-state index contributed by atoms with van der Waals surface area (Å²) in [6.07, 6.45) is 0.432. The molecule has 0 aliphatic heterocycles. The fourth-order valence-corrected chi connectivity index (χ4v) is 2.99. The molecule has 0 aromatic heterocycles. The molecule has 9 heteroatoms. The number of amides is 2. The summed E-state index contributed by atoms with van der Waals surface area (Å²) in [5, 5.41) is 12.7. The molecule has 0 saturated carbocycles. The lowest BCUT2D eigenvalue weighted by Gasteiger charge is -2.19. The van der Waals surface area contributed by atoms with Crippen molar-refractivity contribution in [1.29, 1.82) is 0 Å². The average Bonchev–Trinajstić information content (AvgIpc) is 2.79. The van der Waals surface area contributed by atoms with Gasteiger partial charge in [-0.3, -0.25) is 14.4 Å². The first-order chi connectivity index (χ1) is 14.8. The third kappa shape index (κ3) is 4.77. The van der Waals surface area contributed by atoms with Gasteiger partial charge in [0.2, 0.25) is 0 Å². The Morgan fingerprint density at radius 1 is 0.968 bits per heavy atom. The number of aldehydes is 1. The molecule has 0 radical (unpaired) electrons. The molecule has 0 saturated heterocycles. The van der Waals surface area contributed by atoms with Crippen molar-refractivity contribution in [1.82, 2.24) is 0 Å². The van der Waals surface area contributed by atoms with Crippen LogP contribution in [0.3, 0.4) is 0 Å². The molecule has 156 valence electrons. The Hall–Kier alpha value is -4.01. The standard InChI is InChI=1S/C22H16ClN3O5/c23-18-11-16(8-9-19(18)25-20(28)13-4-2-1-3-5-13)26(24)21(29)17-10-14(22(30)31)6-7-15(17)12-27/h1-12H,24H2,(H,25,28)(H,30,31).